The quantitative estimate of drug-likeness (QED) is 0.681. The fourth-order valence-electron chi connectivity index (χ4n) is 2.08. The second kappa shape index (κ2) is 6.46. The molecule has 0 bridgehead atoms. The molecule has 0 fully saturated rings. The monoisotopic (exact) mass is 412 g/mol. The van der Waals surface area contributed by atoms with E-state index in [4.69, 9.17) is 4.52 Å². The van der Waals surface area contributed by atoms with Crippen molar-refractivity contribution in [1.82, 2.24) is 5.16 Å². The number of anilines is 1. The fraction of sp³-hybridized carbons (Fsp3) is 0.133. The van der Waals surface area contributed by atoms with Crippen molar-refractivity contribution < 1.29 is 12.9 Å². The van der Waals surface area contributed by atoms with Gasteiger partial charge in [-0.15, -0.1) is 11.3 Å². The lowest BCUT2D eigenvalue weighted by atomic mass is 10.1. The maximum Gasteiger partial charge on any atom is 0.265 e. The molecule has 5 nitrogen and oxygen atoms in total. The molecule has 2 aromatic heterocycles. The van der Waals surface area contributed by atoms with Gasteiger partial charge in [-0.25, -0.2) is 13.1 Å². The predicted octanol–water partition coefficient (Wildman–Crippen LogP) is 4.20. The molecule has 0 aliphatic carbocycles. The van der Waals surface area contributed by atoms with Gasteiger partial charge in [-0.1, -0.05) is 35.5 Å². The summed E-state index contributed by atoms with van der Waals surface area (Å²) in [6.07, 6.45) is 0.561. The van der Waals surface area contributed by atoms with Crippen molar-refractivity contribution in [1.29, 1.82) is 0 Å². The Kier molecular flexibility index (Phi) is 4.56. The van der Waals surface area contributed by atoms with Crippen LogP contribution in [0.25, 0.3) is 0 Å². The van der Waals surface area contributed by atoms with E-state index in [1.165, 1.54) is 11.3 Å². The van der Waals surface area contributed by atoms with Crippen LogP contribution in [-0.4, -0.2) is 13.6 Å². The Morgan fingerprint density at radius 2 is 2.00 bits per heavy atom. The summed E-state index contributed by atoms with van der Waals surface area (Å²) in [5.41, 5.74) is 1.64. The molecule has 0 aliphatic heterocycles. The molecular weight excluding hydrogens is 400 g/mol. The standard InChI is InChI=1S/C15H13BrN2O3S2/c1-10-14(16)15(21-17-10)18-23(19,20)13-7-8-22-12(13)9-11-5-3-2-4-6-11/h2-8,18H,9H2,1H3. The first-order valence-electron chi connectivity index (χ1n) is 6.72. The van der Waals surface area contributed by atoms with E-state index in [1.54, 1.807) is 18.4 Å². The molecule has 0 radical (unpaired) electrons. The third kappa shape index (κ3) is 3.49. The highest BCUT2D eigenvalue weighted by molar-refractivity contribution is 9.10. The second-order valence-corrected chi connectivity index (χ2v) is 8.33. The summed E-state index contributed by atoms with van der Waals surface area (Å²) in [4.78, 5) is 1.03. The number of aromatic nitrogens is 1. The van der Waals surface area contributed by atoms with Crippen LogP contribution in [0.1, 0.15) is 16.1 Å². The first-order chi connectivity index (χ1) is 11.0. The molecule has 0 atom stereocenters. The Bertz CT molecular complexity index is 917. The van der Waals surface area contributed by atoms with Gasteiger partial charge in [-0.05, 0) is 39.9 Å². The molecule has 0 aliphatic rings. The topological polar surface area (TPSA) is 72.2 Å². The molecule has 0 spiro atoms. The van der Waals surface area contributed by atoms with Crippen LogP contribution in [0, 0.1) is 6.92 Å². The molecule has 0 saturated heterocycles. The third-order valence-corrected chi connectivity index (χ3v) is 6.62. The second-order valence-electron chi connectivity index (χ2n) is 4.89. The van der Waals surface area contributed by atoms with Crippen molar-refractivity contribution in [2.75, 3.05) is 4.72 Å². The summed E-state index contributed by atoms with van der Waals surface area (Å²) in [6, 6.07) is 11.3. The number of aryl methyl sites for hydroxylation is 1. The lowest BCUT2D eigenvalue weighted by Gasteiger charge is -2.07. The summed E-state index contributed by atoms with van der Waals surface area (Å²) in [6.45, 7) is 1.72. The van der Waals surface area contributed by atoms with Gasteiger partial charge < -0.3 is 4.52 Å². The van der Waals surface area contributed by atoms with Crippen LogP contribution in [0.4, 0.5) is 5.88 Å². The molecule has 0 amide bonds. The van der Waals surface area contributed by atoms with Crippen LogP contribution in [-0.2, 0) is 16.4 Å². The molecular formula is C15H13BrN2O3S2. The SMILES string of the molecule is Cc1noc(NS(=O)(=O)c2ccsc2Cc2ccccc2)c1Br. The maximum atomic E-state index is 12.6. The molecule has 1 N–H and O–H groups in total. The van der Waals surface area contributed by atoms with E-state index in [-0.39, 0.29) is 10.8 Å². The minimum atomic E-state index is -3.73. The number of thiophene rings is 1. The Morgan fingerprint density at radius 3 is 2.65 bits per heavy atom. The number of benzene rings is 1. The van der Waals surface area contributed by atoms with Gasteiger partial charge in [-0.2, -0.15) is 0 Å². The fourth-order valence-corrected chi connectivity index (χ4v) is 4.93. The average molecular weight is 413 g/mol. The van der Waals surface area contributed by atoms with Crippen LogP contribution in [0.2, 0.25) is 0 Å². The van der Waals surface area contributed by atoms with E-state index in [9.17, 15) is 8.42 Å². The normalized spacial score (nSPS) is 11.6. The Balaban J connectivity index is 1.89. The molecule has 8 heteroatoms. The number of hydrogen-bond donors (Lipinski definition) is 1. The lowest BCUT2D eigenvalue weighted by molar-refractivity contribution is 0.430. The molecule has 3 aromatic rings. The Labute approximate surface area is 146 Å². The van der Waals surface area contributed by atoms with Gasteiger partial charge in [0, 0.05) is 11.3 Å². The van der Waals surface area contributed by atoms with E-state index in [2.05, 4.69) is 25.8 Å². The van der Waals surface area contributed by atoms with E-state index in [0.717, 1.165) is 10.4 Å². The summed E-state index contributed by atoms with van der Waals surface area (Å²) < 4.78 is 33.2. The van der Waals surface area contributed by atoms with E-state index in [0.29, 0.717) is 16.6 Å². The van der Waals surface area contributed by atoms with Crippen LogP contribution in [0.15, 0.2) is 55.7 Å². The summed E-state index contributed by atoms with van der Waals surface area (Å²) in [5, 5.41) is 5.50. The number of nitrogens with one attached hydrogen (secondary N) is 1. The molecule has 23 heavy (non-hydrogen) atoms. The van der Waals surface area contributed by atoms with Crippen molar-refractivity contribution in [3.8, 4) is 0 Å². The third-order valence-electron chi connectivity index (χ3n) is 3.22. The Morgan fingerprint density at radius 1 is 1.26 bits per heavy atom. The zero-order valence-corrected chi connectivity index (χ0v) is 15.3. The van der Waals surface area contributed by atoms with Crippen molar-refractivity contribution >= 4 is 43.2 Å². The highest BCUT2D eigenvalue weighted by atomic mass is 79.9. The average Bonchev–Trinajstić information content (AvgIpc) is 3.11. The molecule has 0 unspecified atom stereocenters. The van der Waals surface area contributed by atoms with Gasteiger partial charge in [0.15, 0.2) is 0 Å². The maximum absolute atomic E-state index is 12.6. The van der Waals surface area contributed by atoms with Crippen molar-refractivity contribution in [3.05, 3.63) is 62.4 Å². The zero-order chi connectivity index (χ0) is 16.4. The molecule has 2 heterocycles. The minimum Gasteiger partial charge on any atom is -0.336 e. The van der Waals surface area contributed by atoms with Crippen LogP contribution in [0.5, 0.6) is 0 Å². The van der Waals surface area contributed by atoms with Gasteiger partial charge in [0.2, 0.25) is 0 Å². The first-order valence-corrected chi connectivity index (χ1v) is 9.88. The summed E-state index contributed by atoms with van der Waals surface area (Å²) in [5.74, 6) is 0.0827. The molecule has 0 saturated carbocycles. The molecule has 3 rings (SSSR count). The zero-order valence-electron chi connectivity index (χ0n) is 12.1. The lowest BCUT2D eigenvalue weighted by Crippen LogP contribution is -2.13. The highest BCUT2D eigenvalue weighted by Crippen LogP contribution is 2.30. The number of nitrogens with zero attached hydrogens (tertiary/aromatic N) is 1. The molecule has 1 aromatic carbocycles. The minimum absolute atomic E-state index is 0.0827. The van der Waals surface area contributed by atoms with E-state index >= 15 is 0 Å². The number of sulfonamides is 1. The van der Waals surface area contributed by atoms with Crippen molar-refractivity contribution in [2.45, 2.75) is 18.2 Å². The smallest absolute Gasteiger partial charge is 0.265 e. The van der Waals surface area contributed by atoms with Crippen LogP contribution in [0.3, 0.4) is 0 Å². The molecule has 120 valence electrons. The predicted molar refractivity (Wildman–Crippen MR) is 93.3 cm³/mol. The van der Waals surface area contributed by atoms with Gasteiger partial charge in [0.25, 0.3) is 15.9 Å². The number of rotatable bonds is 5. The van der Waals surface area contributed by atoms with Gasteiger partial charge in [-0.3, -0.25) is 0 Å². The highest BCUT2D eigenvalue weighted by Gasteiger charge is 2.23. The first kappa shape index (κ1) is 16.2. The van der Waals surface area contributed by atoms with E-state index in [1.807, 2.05) is 30.3 Å². The number of halogens is 1. The largest absolute Gasteiger partial charge is 0.336 e. The van der Waals surface area contributed by atoms with Gasteiger partial charge in [0.05, 0.1) is 5.69 Å². The van der Waals surface area contributed by atoms with Crippen LogP contribution >= 0.6 is 27.3 Å². The summed E-state index contributed by atoms with van der Waals surface area (Å²) >= 11 is 4.67. The van der Waals surface area contributed by atoms with Crippen molar-refractivity contribution in [2.24, 2.45) is 0 Å². The Hall–Kier alpha value is -1.64. The summed E-state index contributed by atoms with van der Waals surface area (Å²) in [7, 11) is -3.73. The van der Waals surface area contributed by atoms with Crippen LogP contribution < -0.4 is 4.72 Å². The number of hydrogen-bond acceptors (Lipinski definition) is 5. The van der Waals surface area contributed by atoms with Gasteiger partial charge >= 0.3 is 0 Å². The van der Waals surface area contributed by atoms with Gasteiger partial charge in [0.1, 0.15) is 9.37 Å². The van der Waals surface area contributed by atoms with E-state index < -0.39 is 10.0 Å². The van der Waals surface area contributed by atoms with Crippen molar-refractivity contribution in [3.63, 3.8) is 0 Å².